The van der Waals surface area contributed by atoms with Gasteiger partial charge in [0, 0.05) is 0 Å². The molecule has 0 amide bonds. The zero-order valence-electron chi connectivity index (χ0n) is 15.3. The summed E-state index contributed by atoms with van der Waals surface area (Å²) in [5, 5.41) is 0. The van der Waals surface area contributed by atoms with E-state index >= 15 is 0 Å². The van der Waals surface area contributed by atoms with Crippen LogP contribution in [-0.2, 0) is 0 Å². The zero-order chi connectivity index (χ0) is 17.0. The molecule has 4 rings (SSSR count). The quantitative estimate of drug-likeness (QED) is 0.364. The van der Waals surface area contributed by atoms with Crippen LogP contribution in [0.5, 0.6) is 0 Å². The van der Waals surface area contributed by atoms with E-state index in [1.54, 1.807) is 0 Å². The van der Waals surface area contributed by atoms with Gasteiger partial charge in [-0.1, -0.05) is 0 Å². The molecular weight excluding hydrogens is 450 g/mol. The molecule has 4 heteroatoms. The molecular formula is C24H23AsCl2O. The predicted octanol–water partition coefficient (Wildman–Crippen LogP) is -0.335. The van der Waals surface area contributed by atoms with E-state index in [1.807, 2.05) is 0 Å². The molecule has 0 heterocycles. The summed E-state index contributed by atoms with van der Waals surface area (Å²) in [5.74, 6) is 0. The molecule has 1 nitrogen and oxygen atoms in total. The monoisotopic (exact) mass is 472 g/mol. The molecule has 0 aliphatic heterocycles. The topological polar surface area (TPSA) is 31.5 Å². The van der Waals surface area contributed by atoms with Crippen LogP contribution < -0.4 is 29.8 Å². The van der Waals surface area contributed by atoms with E-state index in [0.717, 1.165) is 0 Å². The molecule has 0 saturated carbocycles. The van der Waals surface area contributed by atoms with E-state index in [4.69, 9.17) is 0 Å². The van der Waals surface area contributed by atoms with Crippen molar-refractivity contribution in [3.05, 3.63) is 121 Å². The maximum absolute atomic E-state index is 2.77. The minimum absolute atomic E-state index is 0. The van der Waals surface area contributed by atoms with Crippen molar-refractivity contribution in [2.75, 3.05) is 0 Å². The van der Waals surface area contributed by atoms with Gasteiger partial charge in [0.2, 0.25) is 0 Å². The van der Waals surface area contributed by atoms with Crippen molar-refractivity contribution in [3.63, 3.8) is 0 Å². The molecule has 0 spiro atoms. The van der Waals surface area contributed by atoms with E-state index in [1.165, 1.54) is 17.4 Å². The fraction of sp³-hybridized carbons (Fsp3) is 0. The molecule has 0 fully saturated rings. The first-order valence-electron chi connectivity index (χ1n) is 8.54. The second-order valence-corrected chi connectivity index (χ2v) is 13.2. The van der Waals surface area contributed by atoms with E-state index in [9.17, 15) is 0 Å². The van der Waals surface area contributed by atoms with Crippen molar-refractivity contribution in [2.45, 2.75) is 0 Å². The summed E-state index contributed by atoms with van der Waals surface area (Å²) in [6, 6.07) is 44.2. The molecule has 0 bridgehead atoms. The molecule has 0 radical (unpaired) electrons. The predicted molar refractivity (Wildman–Crippen MR) is 121 cm³/mol. The van der Waals surface area contributed by atoms with Gasteiger partial charge in [0.15, 0.2) is 0 Å². The molecule has 0 aliphatic rings. The van der Waals surface area contributed by atoms with Crippen LogP contribution in [0, 0.1) is 0 Å². The Bertz CT molecular complexity index is 770. The molecule has 0 unspecified atom stereocenters. The van der Waals surface area contributed by atoms with Gasteiger partial charge in [0.25, 0.3) is 0 Å². The molecule has 0 aromatic heterocycles. The van der Waals surface area contributed by atoms with Crippen molar-refractivity contribution < 1.29 is 17.9 Å². The van der Waals surface area contributed by atoms with Crippen LogP contribution >= 0.6 is 12.4 Å². The Morgan fingerprint density at radius 2 is 0.536 bits per heavy atom. The average Bonchev–Trinajstić information content (AvgIpc) is 2.72. The minimum atomic E-state index is -2.77. The van der Waals surface area contributed by atoms with Gasteiger partial charge < -0.3 is 17.9 Å². The number of rotatable bonds is 4. The Labute approximate surface area is 182 Å². The second-order valence-electron chi connectivity index (χ2n) is 6.01. The summed E-state index contributed by atoms with van der Waals surface area (Å²) in [6.45, 7) is 0. The Hall–Kier alpha value is -2.02. The van der Waals surface area contributed by atoms with Crippen LogP contribution in [0.1, 0.15) is 0 Å². The molecule has 2 N–H and O–H groups in total. The third-order valence-electron chi connectivity index (χ3n) is 4.57. The zero-order valence-corrected chi connectivity index (χ0v) is 18.7. The maximum atomic E-state index is 2.31. The number of hydrogen-bond donors (Lipinski definition) is 0. The van der Waals surface area contributed by atoms with Gasteiger partial charge in [-0.05, 0) is 0 Å². The van der Waals surface area contributed by atoms with E-state index < -0.39 is 13.6 Å². The summed E-state index contributed by atoms with van der Waals surface area (Å²) in [6.07, 6.45) is 0. The SMILES string of the molecule is Cl.O.[Cl-].c1ccc([As+](c2ccccc2)(c2ccccc2)c2ccccc2)cc1. The Kier molecular flexibility index (Phi) is 9.52. The third-order valence-corrected chi connectivity index (χ3v) is 13.6. The van der Waals surface area contributed by atoms with Crippen molar-refractivity contribution in [2.24, 2.45) is 0 Å². The summed E-state index contributed by atoms with van der Waals surface area (Å²) in [7, 11) is 0. The van der Waals surface area contributed by atoms with Gasteiger partial charge in [-0.2, -0.15) is 0 Å². The molecule has 0 atom stereocenters. The number of benzene rings is 4. The van der Waals surface area contributed by atoms with Crippen molar-refractivity contribution in [3.8, 4) is 0 Å². The summed E-state index contributed by atoms with van der Waals surface area (Å²) in [5.41, 5.74) is 0. The van der Waals surface area contributed by atoms with Gasteiger partial charge in [0.05, 0.1) is 0 Å². The van der Waals surface area contributed by atoms with Crippen LogP contribution in [0.3, 0.4) is 0 Å². The number of halogens is 2. The van der Waals surface area contributed by atoms with Crippen LogP contribution in [0.25, 0.3) is 0 Å². The van der Waals surface area contributed by atoms with Crippen LogP contribution in [-0.4, -0.2) is 19.0 Å². The molecule has 0 aliphatic carbocycles. The van der Waals surface area contributed by atoms with Gasteiger partial charge in [-0.3, -0.25) is 0 Å². The molecule has 144 valence electrons. The normalized spacial score (nSPS) is 10.0. The van der Waals surface area contributed by atoms with Crippen LogP contribution in [0.2, 0.25) is 0 Å². The van der Waals surface area contributed by atoms with Crippen molar-refractivity contribution >= 4 is 43.4 Å². The fourth-order valence-electron chi connectivity index (χ4n) is 3.50. The molecule has 4 aromatic rings. The summed E-state index contributed by atoms with van der Waals surface area (Å²) >= 11 is -2.77. The van der Waals surface area contributed by atoms with Gasteiger partial charge >= 0.3 is 152 Å². The Morgan fingerprint density at radius 1 is 0.357 bits per heavy atom. The summed E-state index contributed by atoms with van der Waals surface area (Å²) < 4.78 is 5.79. The molecule has 28 heavy (non-hydrogen) atoms. The van der Waals surface area contributed by atoms with E-state index in [-0.39, 0.29) is 30.3 Å². The standard InChI is InChI=1S/C24H20As.2ClH.H2O/c1-5-13-21(14-6-1)25(22-15-7-2-8-16-22,23-17-9-3-10-18-23)24-19-11-4-12-20-24;;;/h1-20H;2*1H;1H2/q+1;;;/p-1. The van der Waals surface area contributed by atoms with Crippen LogP contribution in [0.4, 0.5) is 0 Å². The third kappa shape index (κ3) is 4.35. The van der Waals surface area contributed by atoms with Crippen molar-refractivity contribution in [1.29, 1.82) is 0 Å². The van der Waals surface area contributed by atoms with E-state index in [2.05, 4.69) is 121 Å². The Morgan fingerprint density at radius 3 is 0.714 bits per heavy atom. The molecule has 4 aromatic carbocycles. The van der Waals surface area contributed by atoms with Gasteiger partial charge in [-0.25, -0.2) is 0 Å². The second kappa shape index (κ2) is 11.1. The first-order chi connectivity index (χ1) is 12.4. The van der Waals surface area contributed by atoms with E-state index in [0.29, 0.717) is 0 Å². The fourth-order valence-corrected chi connectivity index (χ4v) is 12.5. The first-order valence-corrected chi connectivity index (χ1v) is 12.3. The summed E-state index contributed by atoms with van der Waals surface area (Å²) in [4.78, 5) is 0. The Balaban J connectivity index is 0.00000131. The average molecular weight is 473 g/mol. The number of hydrogen-bond acceptors (Lipinski definition) is 0. The molecule has 0 saturated heterocycles. The first kappa shape index (κ1) is 24.0. The van der Waals surface area contributed by atoms with Crippen molar-refractivity contribution in [1.82, 2.24) is 0 Å². The van der Waals surface area contributed by atoms with Crippen LogP contribution in [0.15, 0.2) is 121 Å². The van der Waals surface area contributed by atoms with Gasteiger partial charge in [0.1, 0.15) is 0 Å². The van der Waals surface area contributed by atoms with Gasteiger partial charge in [-0.15, -0.1) is 12.4 Å².